The van der Waals surface area contributed by atoms with Gasteiger partial charge < -0.3 is 9.72 Å². The van der Waals surface area contributed by atoms with Crippen molar-refractivity contribution in [2.45, 2.75) is 0 Å². The maximum atomic E-state index is 10.6. The molecule has 0 aromatic carbocycles. The highest BCUT2D eigenvalue weighted by Gasteiger charge is 2.01. The van der Waals surface area contributed by atoms with Crippen LogP contribution < -0.4 is 10.1 Å². The van der Waals surface area contributed by atoms with Crippen molar-refractivity contribution in [1.82, 2.24) is 15.3 Å². The molecule has 1 rings (SSSR count). The summed E-state index contributed by atoms with van der Waals surface area (Å²) in [6.45, 7) is 3.29. The number of carbonyl (C=O) groups excluding carboxylic acids is 1. The topological polar surface area (TPSA) is 67.0 Å². The van der Waals surface area contributed by atoms with Gasteiger partial charge in [-0.1, -0.05) is 6.58 Å². The van der Waals surface area contributed by atoms with E-state index in [4.69, 9.17) is 0 Å². The molecule has 0 saturated heterocycles. The van der Waals surface area contributed by atoms with Crippen LogP contribution in [0.4, 0.5) is 4.79 Å². The van der Waals surface area contributed by atoms with Crippen LogP contribution in [-0.4, -0.2) is 16.1 Å². The van der Waals surface area contributed by atoms with Crippen molar-refractivity contribution in [3.05, 3.63) is 25.2 Å². The van der Waals surface area contributed by atoms with E-state index in [0.29, 0.717) is 0 Å². The number of hydrogen-bond acceptors (Lipinski definition) is 3. The first-order chi connectivity index (χ1) is 5.33. The Morgan fingerprint density at radius 2 is 2.73 bits per heavy atom. The summed E-state index contributed by atoms with van der Waals surface area (Å²) in [7, 11) is 0. The second-order valence-corrected chi connectivity index (χ2v) is 1.63. The lowest BCUT2D eigenvalue weighted by Gasteiger charge is -1.96. The number of H-pyrrole nitrogens is 1. The van der Waals surface area contributed by atoms with Gasteiger partial charge in [0, 0.05) is 12.4 Å². The molecule has 0 radical (unpaired) electrons. The smallest absolute Gasteiger partial charge is 0.375 e. The molecule has 0 unspecified atom stereocenters. The van der Waals surface area contributed by atoms with Crippen molar-refractivity contribution in [2.24, 2.45) is 0 Å². The molecule has 0 spiro atoms. The SMILES string of the molecule is C=CNC(=O)Oc1ncc[nH]1. The minimum Gasteiger partial charge on any atom is -0.375 e. The highest BCUT2D eigenvalue weighted by Crippen LogP contribution is 1.97. The number of hydrogen-bond donors (Lipinski definition) is 2. The van der Waals surface area contributed by atoms with Crippen LogP contribution in [0.2, 0.25) is 0 Å². The number of nitrogens with zero attached hydrogens (tertiary/aromatic N) is 1. The standard InChI is InChI=1S/C6H7N3O2/c1-2-7-6(10)11-5-8-3-4-9-5/h2-4H,1H2,(H,7,10)(H,8,9). The number of imidazole rings is 1. The van der Waals surface area contributed by atoms with E-state index in [9.17, 15) is 4.79 Å². The first kappa shape index (κ1) is 7.33. The monoisotopic (exact) mass is 153 g/mol. The molecule has 58 valence electrons. The number of amides is 1. The highest BCUT2D eigenvalue weighted by atomic mass is 16.6. The summed E-state index contributed by atoms with van der Waals surface area (Å²) >= 11 is 0. The molecule has 1 aromatic rings. The summed E-state index contributed by atoms with van der Waals surface area (Å²) in [6.07, 6.45) is 3.65. The first-order valence-electron chi connectivity index (χ1n) is 2.91. The van der Waals surface area contributed by atoms with Crippen LogP contribution >= 0.6 is 0 Å². The molecule has 0 fully saturated rings. The third kappa shape index (κ3) is 2.13. The van der Waals surface area contributed by atoms with E-state index < -0.39 is 6.09 Å². The predicted octanol–water partition coefficient (Wildman–Crippen LogP) is 0.642. The molecule has 1 amide bonds. The van der Waals surface area contributed by atoms with Gasteiger partial charge in [-0.2, -0.15) is 0 Å². The normalized spacial score (nSPS) is 8.73. The molecule has 0 aliphatic heterocycles. The second-order valence-electron chi connectivity index (χ2n) is 1.63. The molecule has 0 bridgehead atoms. The Morgan fingerprint density at radius 1 is 1.91 bits per heavy atom. The van der Waals surface area contributed by atoms with Crippen LogP contribution in [0.1, 0.15) is 0 Å². The molecule has 2 N–H and O–H groups in total. The third-order valence-corrected chi connectivity index (χ3v) is 0.882. The number of aromatic nitrogens is 2. The van der Waals surface area contributed by atoms with E-state index in [-0.39, 0.29) is 6.01 Å². The Labute approximate surface area is 63.1 Å². The molecule has 1 heterocycles. The summed E-state index contributed by atoms with van der Waals surface area (Å²) in [5.74, 6) is 0. The van der Waals surface area contributed by atoms with E-state index in [0.717, 1.165) is 0 Å². The van der Waals surface area contributed by atoms with Crippen molar-refractivity contribution in [3.8, 4) is 6.01 Å². The van der Waals surface area contributed by atoms with Gasteiger partial charge >= 0.3 is 12.1 Å². The average Bonchev–Trinajstić information content (AvgIpc) is 2.40. The summed E-state index contributed by atoms with van der Waals surface area (Å²) < 4.78 is 4.61. The predicted molar refractivity (Wildman–Crippen MR) is 37.9 cm³/mol. The molecular weight excluding hydrogens is 146 g/mol. The van der Waals surface area contributed by atoms with Gasteiger partial charge in [-0.15, -0.1) is 0 Å². The lowest BCUT2D eigenvalue weighted by Crippen LogP contribution is -2.21. The van der Waals surface area contributed by atoms with Crippen molar-refractivity contribution in [3.63, 3.8) is 0 Å². The second kappa shape index (κ2) is 3.40. The van der Waals surface area contributed by atoms with E-state index in [1.165, 1.54) is 12.4 Å². The van der Waals surface area contributed by atoms with Crippen LogP contribution in [-0.2, 0) is 0 Å². The van der Waals surface area contributed by atoms with Crippen LogP contribution in [0.3, 0.4) is 0 Å². The molecule has 1 aromatic heterocycles. The fraction of sp³-hybridized carbons (Fsp3) is 0. The Kier molecular flexibility index (Phi) is 2.27. The minimum absolute atomic E-state index is 0.157. The van der Waals surface area contributed by atoms with E-state index in [1.807, 2.05) is 0 Å². The molecule has 0 aliphatic rings. The maximum absolute atomic E-state index is 10.6. The van der Waals surface area contributed by atoms with Crippen molar-refractivity contribution in [2.75, 3.05) is 0 Å². The van der Waals surface area contributed by atoms with E-state index in [1.54, 1.807) is 6.20 Å². The molecule has 5 nitrogen and oxygen atoms in total. The number of ether oxygens (including phenoxy) is 1. The Hall–Kier alpha value is -1.78. The minimum atomic E-state index is -0.616. The Bertz CT molecular complexity index is 242. The van der Waals surface area contributed by atoms with Gasteiger partial charge in [0.15, 0.2) is 0 Å². The fourth-order valence-corrected chi connectivity index (χ4v) is 0.507. The molecule has 0 aliphatic carbocycles. The Balaban J connectivity index is 2.43. The van der Waals surface area contributed by atoms with Gasteiger partial charge in [-0.05, 0) is 6.20 Å². The van der Waals surface area contributed by atoms with E-state index >= 15 is 0 Å². The lowest BCUT2D eigenvalue weighted by molar-refractivity contribution is 0.201. The average molecular weight is 153 g/mol. The third-order valence-electron chi connectivity index (χ3n) is 0.882. The lowest BCUT2D eigenvalue weighted by atomic mass is 10.9. The zero-order valence-corrected chi connectivity index (χ0v) is 5.70. The van der Waals surface area contributed by atoms with Crippen molar-refractivity contribution >= 4 is 6.09 Å². The number of aromatic amines is 1. The van der Waals surface area contributed by atoms with Crippen molar-refractivity contribution < 1.29 is 9.53 Å². The van der Waals surface area contributed by atoms with Crippen LogP contribution in [0.15, 0.2) is 25.2 Å². The van der Waals surface area contributed by atoms with Gasteiger partial charge in [0.1, 0.15) is 0 Å². The van der Waals surface area contributed by atoms with Gasteiger partial charge in [-0.25, -0.2) is 9.78 Å². The maximum Gasteiger partial charge on any atom is 0.419 e. The summed E-state index contributed by atoms with van der Waals surface area (Å²) in [5, 5.41) is 2.23. The quantitative estimate of drug-likeness (QED) is 0.655. The van der Waals surface area contributed by atoms with Gasteiger partial charge in [0.2, 0.25) is 0 Å². The van der Waals surface area contributed by atoms with Crippen LogP contribution in [0.25, 0.3) is 0 Å². The number of rotatable bonds is 2. The zero-order chi connectivity index (χ0) is 8.10. The summed E-state index contributed by atoms with van der Waals surface area (Å²) in [6, 6.07) is 0.157. The molecule has 11 heavy (non-hydrogen) atoms. The Morgan fingerprint density at radius 3 is 3.27 bits per heavy atom. The molecule has 0 saturated carbocycles. The largest absolute Gasteiger partial charge is 0.419 e. The zero-order valence-electron chi connectivity index (χ0n) is 5.70. The first-order valence-corrected chi connectivity index (χ1v) is 2.91. The summed E-state index contributed by atoms with van der Waals surface area (Å²) in [4.78, 5) is 16.9. The van der Waals surface area contributed by atoms with Gasteiger partial charge in [0.25, 0.3) is 0 Å². The molecular formula is C6H7N3O2. The van der Waals surface area contributed by atoms with E-state index in [2.05, 4.69) is 26.6 Å². The fourth-order valence-electron chi connectivity index (χ4n) is 0.507. The molecule has 5 heteroatoms. The number of nitrogens with one attached hydrogen (secondary N) is 2. The molecule has 0 atom stereocenters. The van der Waals surface area contributed by atoms with Crippen molar-refractivity contribution in [1.29, 1.82) is 0 Å². The highest BCUT2D eigenvalue weighted by molar-refractivity contribution is 5.70. The van der Waals surface area contributed by atoms with Gasteiger partial charge in [0.05, 0.1) is 0 Å². The van der Waals surface area contributed by atoms with Gasteiger partial charge in [-0.3, -0.25) is 5.32 Å². The van der Waals surface area contributed by atoms with Crippen LogP contribution in [0, 0.1) is 0 Å². The summed E-state index contributed by atoms with van der Waals surface area (Å²) in [5.41, 5.74) is 0. The number of carbonyl (C=O) groups is 1. The van der Waals surface area contributed by atoms with Crippen LogP contribution in [0.5, 0.6) is 6.01 Å².